The van der Waals surface area contributed by atoms with E-state index < -0.39 is 0 Å². The van der Waals surface area contributed by atoms with Gasteiger partial charge in [-0.2, -0.15) is 0 Å². The van der Waals surface area contributed by atoms with Gasteiger partial charge in [0.15, 0.2) is 5.78 Å². The molecular formula is C15H28O2. The molecular weight excluding hydrogens is 212 g/mol. The lowest BCUT2D eigenvalue weighted by Crippen LogP contribution is -2.26. The van der Waals surface area contributed by atoms with Crippen molar-refractivity contribution in [1.82, 2.24) is 0 Å². The second-order valence-electron chi connectivity index (χ2n) is 5.24. The average Bonchev–Trinajstić information content (AvgIpc) is 2.49. The van der Waals surface area contributed by atoms with Crippen molar-refractivity contribution in [3.63, 3.8) is 0 Å². The van der Waals surface area contributed by atoms with E-state index in [0.29, 0.717) is 11.9 Å². The van der Waals surface area contributed by atoms with Gasteiger partial charge >= 0.3 is 0 Å². The minimum Gasteiger partial charge on any atom is -0.367 e. The summed E-state index contributed by atoms with van der Waals surface area (Å²) in [5.74, 6) is 0.336. The Hall–Kier alpha value is -0.370. The molecule has 100 valence electrons. The molecule has 0 unspecified atom stereocenters. The fraction of sp³-hybridized carbons (Fsp3) is 0.933. The Morgan fingerprint density at radius 3 is 2.65 bits per heavy atom. The fourth-order valence-corrected chi connectivity index (χ4v) is 2.54. The quantitative estimate of drug-likeness (QED) is 0.621. The molecule has 0 aromatic rings. The molecule has 0 saturated carbocycles. The van der Waals surface area contributed by atoms with Gasteiger partial charge < -0.3 is 4.74 Å². The summed E-state index contributed by atoms with van der Waals surface area (Å²) in [5.41, 5.74) is 0. The summed E-state index contributed by atoms with van der Waals surface area (Å²) in [7, 11) is 0. The van der Waals surface area contributed by atoms with Crippen LogP contribution in [0, 0.1) is 0 Å². The van der Waals surface area contributed by atoms with Crippen LogP contribution in [0.5, 0.6) is 0 Å². The smallest absolute Gasteiger partial charge is 0.161 e. The molecule has 0 aromatic heterocycles. The second-order valence-corrected chi connectivity index (χ2v) is 5.24. The highest BCUT2D eigenvalue weighted by atomic mass is 16.5. The summed E-state index contributed by atoms with van der Waals surface area (Å²) in [4.78, 5) is 11.8. The van der Waals surface area contributed by atoms with Gasteiger partial charge in [-0.3, -0.25) is 4.79 Å². The maximum Gasteiger partial charge on any atom is 0.161 e. The summed E-state index contributed by atoms with van der Waals surface area (Å²) in [6.45, 7) is 4.36. The highest BCUT2D eigenvalue weighted by molar-refractivity contribution is 5.83. The van der Waals surface area contributed by atoms with Gasteiger partial charge in [0.05, 0.1) is 6.10 Å². The number of hydrogen-bond acceptors (Lipinski definition) is 2. The largest absolute Gasteiger partial charge is 0.367 e. The van der Waals surface area contributed by atoms with Gasteiger partial charge in [0, 0.05) is 6.42 Å². The van der Waals surface area contributed by atoms with Gasteiger partial charge in [0.1, 0.15) is 6.10 Å². The molecule has 0 bridgehead atoms. The van der Waals surface area contributed by atoms with Gasteiger partial charge in [-0.05, 0) is 25.7 Å². The van der Waals surface area contributed by atoms with E-state index in [1.807, 2.05) is 0 Å². The standard InChI is InChI=1S/C15H28O2/c1-3-5-6-7-10-13-11-8-12-14(16)15(17-13)9-4-2/h13,15H,3-12H2,1-2H3/t13-,15-/m0/s1. The lowest BCUT2D eigenvalue weighted by atomic mass is 10.0. The molecule has 0 spiro atoms. The summed E-state index contributed by atoms with van der Waals surface area (Å²) in [6.07, 6.45) is 11.3. The number of unbranched alkanes of at least 4 members (excludes halogenated alkanes) is 3. The molecule has 0 aliphatic carbocycles. The van der Waals surface area contributed by atoms with Crippen molar-refractivity contribution in [3.8, 4) is 0 Å². The highest BCUT2D eigenvalue weighted by Crippen LogP contribution is 2.22. The van der Waals surface area contributed by atoms with Gasteiger partial charge in [-0.25, -0.2) is 0 Å². The van der Waals surface area contributed by atoms with Crippen LogP contribution in [-0.2, 0) is 9.53 Å². The monoisotopic (exact) mass is 240 g/mol. The summed E-state index contributed by atoms with van der Waals surface area (Å²) < 4.78 is 5.99. The van der Waals surface area contributed by atoms with E-state index in [1.165, 1.54) is 25.7 Å². The minimum absolute atomic E-state index is 0.0984. The van der Waals surface area contributed by atoms with Gasteiger partial charge in [-0.1, -0.05) is 46.0 Å². The number of carbonyl (C=O) groups is 1. The second kappa shape index (κ2) is 8.68. The van der Waals surface area contributed by atoms with Crippen molar-refractivity contribution in [3.05, 3.63) is 0 Å². The zero-order valence-corrected chi connectivity index (χ0v) is 11.5. The normalized spacial score (nSPS) is 25.9. The number of rotatable bonds is 7. The van der Waals surface area contributed by atoms with Crippen LogP contribution >= 0.6 is 0 Å². The van der Waals surface area contributed by atoms with E-state index in [2.05, 4.69) is 13.8 Å². The van der Waals surface area contributed by atoms with Crippen molar-refractivity contribution in [2.24, 2.45) is 0 Å². The number of ether oxygens (including phenoxy) is 1. The lowest BCUT2D eigenvalue weighted by molar-refractivity contribution is -0.132. The van der Waals surface area contributed by atoms with E-state index in [0.717, 1.165) is 38.5 Å². The van der Waals surface area contributed by atoms with Crippen molar-refractivity contribution in [2.45, 2.75) is 90.3 Å². The van der Waals surface area contributed by atoms with Crippen LogP contribution in [0.25, 0.3) is 0 Å². The molecule has 0 N–H and O–H groups in total. The third-order valence-corrected chi connectivity index (χ3v) is 3.60. The molecule has 1 rings (SSSR count). The Balaban J connectivity index is 2.31. The molecule has 0 aromatic carbocycles. The predicted molar refractivity (Wildman–Crippen MR) is 71.2 cm³/mol. The van der Waals surface area contributed by atoms with Gasteiger partial charge in [-0.15, -0.1) is 0 Å². The molecule has 17 heavy (non-hydrogen) atoms. The molecule has 2 atom stereocenters. The summed E-state index contributed by atoms with van der Waals surface area (Å²) >= 11 is 0. The average molecular weight is 240 g/mol. The minimum atomic E-state index is -0.0984. The van der Waals surface area contributed by atoms with Crippen LogP contribution in [0.2, 0.25) is 0 Å². The van der Waals surface area contributed by atoms with Crippen LogP contribution in [0.3, 0.4) is 0 Å². The Morgan fingerprint density at radius 1 is 1.12 bits per heavy atom. The first kappa shape index (κ1) is 14.7. The molecule has 0 radical (unpaired) electrons. The predicted octanol–water partition coefficient (Wildman–Crippen LogP) is 4.26. The number of Topliss-reactive ketones (excluding diaryl/α,β-unsaturated/α-hetero) is 1. The molecule has 1 heterocycles. The van der Waals surface area contributed by atoms with Gasteiger partial charge in [0.25, 0.3) is 0 Å². The van der Waals surface area contributed by atoms with Crippen molar-refractivity contribution < 1.29 is 9.53 Å². The van der Waals surface area contributed by atoms with Crippen molar-refractivity contribution in [2.75, 3.05) is 0 Å². The zero-order valence-electron chi connectivity index (χ0n) is 11.5. The molecule has 1 aliphatic heterocycles. The van der Waals surface area contributed by atoms with Gasteiger partial charge in [0.2, 0.25) is 0 Å². The number of ketones is 1. The Labute approximate surface area is 106 Å². The molecule has 1 aliphatic rings. The lowest BCUT2D eigenvalue weighted by Gasteiger charge is -2.20. The van der Waals surface area contributed by atoms with E-state index in [9.17, 15) is 4.79 Å². The SMILES string of the molecule is CCCCCC[C@H]1CCCC(=O)[C@H](CCC)O1. The highest BCUT2D eigenvalue weighted by Gasteiger charge is 2.25. The first-order valence-electron chi connectivity index (χ1n) is 7.46. The topological polar surface area (TPSA) is 26.3 Å². The molecule has 2 nitrogen and oxygen atoms in total. The Kier molecular flexibility index (Phi) is 7.50. The van der Waals surface area contributed by atoms with E-state index in [1.54, 1.807) is 0 Å². The molecule has 0 amide bonds. The van der Waals surface area contributed by atoms with Crippen LogP contribution < -0.4 is 0 Å². The first-order valence-corrected chi connectivity index (χ1v) is 7.46. The maximum absolute atomic E-state index is 11.8. The maximum atomic E-state index is 11.8. The third-order valence-electron chi connectivity index (χ3n) is 3.60. The molecule has 1 saturated heterocycles. The van der Waals surface area contributed by atoms with E-state index >= 15 is 0 Å². The Morgan fingerprint density at radius 2 is 1.94 bits per heavy atom. The third kappa shape index (κ3) is 5.67. The summed E-state index contributed by atoms with van der Waals surface area (Å²) in [6, 6.07) is 0. The van der Waals surface area contributed by atoms with Crippen molar-refractivity contribution in [1.29, 1.82) is 0 Å². The van der Waals surface area contributed by atoms with Crippen LogP contribution in [-0.4, -0.2) is 18.0 Å². The van der Waals surface area contributed by atoms with E-state index in [-0.39, 0.29) is 6.10 Å². The first-order chi connectivity index (χ1) is 8.27. The fourth-order valence-electron chi connectivity index (χ4n) is 2.54. The molecule has 1 fully saturated rings. The van der Waals surface area contributed by atoms with Crippen molar-refractivity contribution >= 4 is 5.78 Å². The van der Waals surface area contributed by atoms with Crippen LogP contribution in [0.15, 0.2) is 0 Å². The summed E-state index contributed by atoms with van der Waals surface area (Å²) in [5, 5.41) is 0. The van der Waals surface area contributed by atoms with E-state index in [4.69, 9.17) is 4.74 Å². The molecule has 2 heteroatoms. The number of carbonyl (C=O) groups excluding carboxylic acids is 1. The Bertz CT molecular complexity index is 213. The van der Waals surface area contributed by atoms with Crippen LogP contribution in [0.4, 0.5) is 0 Å². The van der Waals surface area contributed by atoms with Crippen LogP contribution in [0.1, 0.15) is 78.1 Å². The zero-order chi connectivity index (χ0) is 12.5. The number of hydrogen-bond donors (Lipinski definition) is 0.